The van der Waals surface area contributed by atoms with E-state index in [0.717, 1.165) is 10.5 Å². The summed E-state index contributed by atoms with van der Waals surface area (Å²) in [4.78, 5) is 46.6. The van der Waals surface area contributed by atoms with Gasteiger partial charge in [-0.2, -0.15) is 0 Å². The molecule has 3 aromatic rings. The summed E-state index contributed by atoms with van der Waals surface area (Å²) in [5, 5.41) is 2.82. The van der Waals surface area contributed by atoms with Crippen molar-refractivity contribution in [2.45, 2.75) is 32.0 Å². The number of fused-ring (bicyclic) bond motifs is 2. The highest BCUT2D eigenvalue weighted by Crippen LogP contribution is 2.37. The lowest BCUT2D eigenvalue weighted by atomic mass is 9.94. The normalized spacial score (nSPS) is 20.4. The molecule has 0 unspecified atom stereocenters. The number of nitrogens with one attached hydrogen (secondary N) is 1. The fourth-order valence-corrected chi connectivity index (χ4v) is 4.38. The Kier molecular flexibility index (Phi) is 4.44. The molecule has 9 heteroatoms. The van der Waals surface area contributed by atoms with E-state index in [1.165, 1.54) is 7.11 Å². The van der Waals surface area contributed by atoms with Gasteiger partial charge in [-0.1, -0.05) is 6.07 Å². The van der Waals surface area contributed by atoms with Gasteiger partial charge in [-0.25, -0.2) is 4.79 Å². The van der Waals surface area contributed by atoms with Crippen molar-refractivity contribution in [1.29, 1.82) is 0 Å². The molecular formula is C23H22N4O5. The number of urea groups is 1. The predicted octanol–water partition coefficient (Wildman–Crippen LogP) is 2.65. The number of methoxy groups -OCH3 is 1. The first kappa shape index (κ1) is 20.0. The van der Waals surface area contributed by atoms with Crippen LogP contribution >= 0.6 is 0 Å². The molecule has 0 aliphatic carbocycles. The molecule has 0 bridgehead atoms. The van der Waals surface area contributed by atoms with Crippen molar-refractivity contribution in [2.24, 2.45) is 0 Å². The first-order chi connectivity index (χ1) is 15.3. The second-order valence-corrected chi connectivity index (χ2v) is 8.29. The molecule has 2 aromatic heterocycles. The smallest absolute Gasteiger partial charge is 0.325 e. The number of rotatable bonds is 5. The largest absolute Gasteiger partial charge is 0.497 e. The highest BCUT2D eigenvalue weighted by Gasteiger charge is 2.57. The average Bonchev–Trinajstić information content (AvgIpc) is 3.41. The number of imide groups is 1. The van der Waals surface area contributed by atoms with Gasteiger partial charge in [-0.15, -0.1) is 0 Å². The molecule has 1 N–H and O–H groups in total. The van der Waals surface area contributed by atoms with Crippen LogP contribution in [0, 0.1) is 0 Å². The molecule has 0 spiro atoms. The molecular weight excluding hydrogens is 412 g/mol. The minimum atomic E-state index is -1.55. The van der Waals surface area contributed by atoms with Crippen LogP contribution in [0.15, 0.2) is 47.0 Å². The van der Waals surface area contributed by atoms with Gasteiger partial charge in [-0.05, 0) is 43.7 Å². The molecule has 0 saturated carbocycles. The van der Waals surface area contributed by atoms with E-state index < -0.39 is 17.5 Å². The lowest BCUT2D eigenvalue weighted by Gasteiger charge is -2.30. The van der Waals surface area contributed by atoms with Crippen LogP contribution in [-0.4, -0.2) is 52.3 Å². The molecule has 2 aliphatic heterocycles. The number of hydrogen-bond donors (Lipinski definition) is 1. The Bertz CT molecular complexity index is 1230. The lowest BCUT2D eigenvalue weighted by molar-refractivity contribution is -0.133. The molecule has 32 heavy (non-hydrogen) atoms. The molecule has 2 aliphatic rings. The molecule has 164 valence electrons. The molecule has 1 aromatic carbocycles. The Morgan fingerprint density at radius 1 is 1.22 bits per heavy atom. The standard InChI is InChI=1S/C23H22N4O5/c1-13(2)27-21(29)23(25-22(27)30,19-10-17-18(32-19)5-4-8-24-17)12-26-11-14-6-7-15(31-3)9-16(14)20(26)28/h4-10,13H,11-12H2,1-3H3,(H,25,30)/t23-/m0/s1. The average molecular weight is 434 g/mol. The van der Waals surface area contributed by atoms with E-state index in [1.807, 2.05) is 6.07 Å². The fourth-order valence-electron chi connectivity index (χ4n) is 4.38. The van der Waals surface area contributed by atoms with Crippen molar-refractivity contribution in [1.82, 2.24) is 20.1 Å². The van der Waals surface area contributed by atoms with Crippen molar-refractivity contribution in [3.63, 3.8) is 0 Å². The number of pyridine rings is 1. The van der Waals surface area contributed by atoms with E-state index in [2.05, 4.69) is 10.3 Å². The Labute approximate surface area is 183 Å². The second kappa shape index (κ2) is 7.08. The monoisotopic (exact) mass is 434 g/mol. The maximum atomic E-state index is 13.6. The summed E-state index contributed by atoms with van der Waals surface area (Å²) in [5.74, 6) is 0.123. The van der Waals surface area contributed by atoms with Crippen LogP contribution in [0.4, 0.5) is 4.79 Å². The van der Waals surface area contributed by atoms with E-state index in [9.17, 15) is 14.4 Å². The van der Waals surface area contributed by atoms with E-state index >= 15 is 0 Å². The molecule has 1 fully saturated rings. The third-order valence-corrected chi connectivity index (χ3v) is 5.97. The minimum Gasteiger partial charge on any atom is -0.497 e. The minimum absolute atomic E-state index is 0.0730. The van der Waals surface area contributed by atoms with Gasteiger partial charge in [0.05, 0.1) is 13.7 Å². The number of furan rings is 1. The summed E-state index contributed by atoms with van der Waals surface area (Å²) in [6.45, 7) is 3.76. The van der Waals surface area contributed by atoms with Gasteiger partial charge in [0.1, 0.15) is 17.0 Å². The number of carbonyl (C=O) groups excluding carboxylic acids is 3. The second-order valence-electron chi connectivity index (χ2n) is 8.29. The third kappa shape index (κ3) is 2.84. The van der Waals surface area contributed by atoms with E-state index in [-0.39, 0.29) is 24.3 Å². The Hall–Kier alpha value is -3.88. The summed E-state index contributed by atoms with van der Waals surface area (Å²) in [6, 6.07) is 9.54. The van der Waals surface area contributed by atoms with Gasteiger partial charge < -0.3 is 19.4 Å². The van der Waals surface area contributed by atoms with E-state index in [4.69, 9.17) is 9.15 Å². The summed E-state index contributed by atoms with van der Waals surface area (Å²) in [6.07, 6.45) is 1.62. The van der Waals surface area contributed by atoms with Crippen molar-refractivity contribution in [3.05, 3.63) is 59.5 Å². The van der Waals surface area contributed by atoms with Crippen LogP contribution in [0.1, 0.15) is 35.5 Å². The van der Waals surface area contributed by atoms with Crippen LogP contribution in [0.25, 0.3) is 11.1 Å². The van der Waals surface area contributed by atoms with Gasteiger partial charge in [0.25, 0.3) is 11.8 Å². The quantitative estimate of drug-likeness (QED) is 0.619. The maximum Gasteiger partial charge on any atom is 0.325 e. The SMILES string of the molecule is COc1ccc2c(c1)C(=O)N(C[C@@]1(c3cc4ncccc4o3)NC(=O)N(C(C)C)C1=O)C2. The van der Waals surface area contributed by atoms with E-state index in [1.54, 1.807) is 55.3 Å². The Morgan fingerprint density at radius 3 is 2.72 bits per heavy atom. The molecule has 1 atom stereocenters. The molecule has 9 nitrogen and oxygen atoms in total. The number of carbonyl (C=O) groups is 3. The number of aromatic nitrogens is 1. The zero-order chi connectivity index (χ0) is 22.6. The molecule has 0 radical (unpaired) electrons. The Balaban J connectivity index is 1.58. The van der Waals surface area contributed by atoms with Gasteiger partial charge in [0.2, 0.25) is 0 Å². The highest BCUT2D eigenvalue weighted by atomic mass is 16.5. The van der Waals surface area contributed by atoms with Crippen LogP contribution in [0.2, 0.25) is 0 Å². The fraction of sp³-hybridized carbons (Fsp3) is 0.304. The molecule has 5 rings (SSSR count). The first-order valence-corrected chi connectivity index (χ1v) is 10.3. The number of nitrogens with zero attached hydrogens (tertiary/aromatic N) is 3. The van der Waals surface area contributed by atoms with E-state index in [0.29, 0.717) is 29.0 Å². The lowest BCUT2D eigenvalue weighted by Crippen LogP contribution is -2.53. The van der Waals surface area contributed by atoms with Crippen molar-refractivity contribution < 1.29 is 23.5 Å². The van der Waals surface area contributed by atoms with Crippen LogP contribution in [0.5, 0.6) is 5.75 Å². The van der Waals surface area contributed by atoms with Crippen LogP contribution < -0.4 is 10.1 Å². The van der Waals surface area contributed by atoms with Crippen molar-refractivity contribution in [2.75, 3.05) is 13.7 Å². The zero-order valence-electron chi connectivity index (χ0n) is 17.9. The highest BCUT2D eigenvalue weighted by molar-refractivity contribution is 6.08. The molecule has 1 saturated heterocycles. The van der Waals surface area contributed by atoms with Crippen LogP contribution in [-0.2, 0) is 16.9 Å². The van der Waals surface area contributed by atoms with Crippen LogP contribution in [0.3, 0.4) is 0 Å². The Morgan fingerprint density at radius 2 is 2.03 bits per heavy atom. The van der Waals surface area contributed by atoms with Crippen molar-refractivity contribution in [3.8, 4) is 5.75 Å². The summed E-state index contributed by atoms with van der Waals surface area (Å²) in [5.41, 5.74) is 0.850. The number of benzene rings is 1. The predicted molar refractivity (Wildman–Crippen MR) is 114 cm³/mol. The molecule has 4 heterocycles. The summed E-state index contributed by atoms with van der Waals surface area (Å²) >= 11 is 0. The zero-order valence-corrected chi connectivity index (χ0v) is 17.9. The van der Waals surface area contributed by atoms with Gasteiger partial charge in [-0.3, -0.25) is 19.5 Å². The number of amides is 4. The van der Waals surface area contributed by atoms with Gasteiger partial charge in [0, 0.05) is 30.4 Å². The summed E-state index contributed by atoms with van der Waals surface area (Å²) < 4.78 is 11.2. The van der Waals surface area contributed by atoms with Gasteiger partial charge in [0.15, 0.2) is 11.1 Å². The third-order valence-electron chi connectivity index (χ3n) is 5.97. The molecule has 4 amide bonds. The maximum absolute atomic E-state index is 13.6. The number of hydrogen-bond acceptors (Lipinski definition) is 6. The number of ether oxygens (including phenoxy) is 1. The topological polar surface area (TPSA) is 105 Å². The van der Waals surface area contributed by atoms with Crippen molar-refractivity contribution >= 4 is 28.9 Å². The first-order valence-electron chi connectivity index (χ1n) is 10.3. The summed E-state index contributed by atoms with van der Waals surface area (Å²) in [7, 11) is 1.54. The van der Waals surface area contributed by atoms with Gasteiger partial charge >= 0.3 is 6.03 Å².